The molecule has 0 amide bonds. The van der Waals surface area contributed by atoms with Gasteiger partial charge in [-0.2, -0.15) is 0 Å². The van der Waals surface area contributed by atoms with Crippen LogP contribution in [0.1, 0.15) is 42.1 Å². The third-order valence-corrected chi connectivity index (χ3v) is 3.96. The summed E-state index contributed by atoms with van der Waals surface area (Å²) in [6.45, 7) is 9.43. The van der Waals surface area contributed by atoms with Crippen molar-refractivity contribution in [1.82, 2.24) is 15.0 Å². The van der Waals surface area contributed by atoms with Crippen molar-refractivity contribution < 1.29 is 4.74 Å². The molecule has 4 nitrogen and oxygen atoms in total. The van der Waals surface area contributed by atoms with Gasteiger partial charge < -0.3 is 4.74 Å². The number of hydrogen-bond donors (Lipinski definition) is 0. The highest BCUT2D eigenvalue weighted by Crippen LogP contribution is 2.30. The topological polar surface area (TPSA) is 39.9 Å². The van der Waals surface area contributed by atoms with Crippen LogP contribution in [0.4, 0.5) is 0 Å². The number of rotatable bonds is 5. The maximum Gasteiger partial charge on any atom is 0.122 e. The zero-order chi connectivity index (χ0) is 14.7. The van der Waals surface area contributed by atoms with Crippen LogP contribution >= 0.6 is 0 Å². The van der Waals surface area contributed by atoms with E-state index in [-0.39, 0.29) is 0 Å². The van der Waals surface area contributed by atoms with Gasteiger partial charge in [0.25, 0.3) is 0 Å². The predicted molar refractivity (Wildman–Crippen MR) is 80.3 cm³/mol. The lowest BCUT2D eigenvalue weighted by molar-refractivity contribution is 0.411. The first-order valence-electron chi connectivity index (χ1n) is 7.09. The second kappa shape index (κ2) is 6.07. The molecule has 0 aliphatic heterocycles. The molecule has 1 atom stereocenters. The zero-order valence-electron chi connectivity index (χ0n) is 13.0. The van der Waals surface area contributed by atoms with Crippen molar-refractivity contribution >= 4 is 0 Å². The highest BCUT2D eigenvalue weighted by Gasteiger charge is 2.14. The Labute approximate surface area is 120 Å². The molecular formula is C16H23N3O. The monoisotopic (exact) mass is 273 g/mol. The zero-order valence-corrected chi connectivity index (χ0v) is 13.0. The molecular weight excluding hydrogens is 250 g/mol. The first-order chi connectivity index (χ1) is 9.56. The van der Waals surface area contributed by atoms with Crippen LogP contribution in [-0.2, 0) is 13.0 Å². The molecule has 0 saturated carbocycles. The molecule has 0 fully saturated rings. The van der Waals surface area contributed by atoms with Gasteiger partial charge >= 0.3 is 0 Å². The molecule has 1 unspecified atom stereocenters. The van der Waals surface area contributed by atoms with Crippen molar-refractivity contribution in [3.63, 3.8) is 0 Å². The Balaban J connectivity index is 2.20. The van der Waals surface area contributed by atoms with Crippen molar-refractivity contribution in [2.75, 3.05) is 7.11 Å². The number of ether oxygens (including phenoxy) is 1. The van der Waals surface area contributed by atoms with Gasteiger partial charge in [0.2, 0.25) is 0 Å². The molecule has 4 heteroatoms. The van der Waals surface area contributed by atoms with Crippen LogP contribution in [0.25, 0.3) is 0 Å². The summed E-state index contributed by atoms with van der Waals surface area (Å²) < 4.78 is 7.24. The van der Waals surface area contributed by atoms with Gasteiger partial charge in [0.15, 0.2) is 0 Å². The van der Waals surface area contributed by atoms with Crippen LogP contribution in [-0.4, -0.2) is 22.1 Å². The third kappa shape index (κ3) is 2.84. The van der Waals surface area contributed by atoms with Gasteiger partial charge in [-0.25, -0.2) is 0 Å². The fourth-order valence-corrected chi connectivity index (χ4v) is 2.58. The molecule has 2 aromatic rings. The fourth-order valence-electron chi connectivity index (χ4n) is 2.58. The standard InChI is InChI=1S/C16H23N3O/c1-6-19-10-14(17-18-19)9-11(2)15-7-8-16(20-5)13(4)12(15)3/h7-8,10-11H,6,9H2,1-5H3. The second-order valence-corrected chi connectivity index (χ2v) is 5.28. The molecule has 0 aliphatic rings. The summed E-state index contributed by atoms with van der Waals surface area (Å²) in [4.78, 5) is 0. The average Bonchev–Trinajstić information content (AvgIpc) is 2.89. The van der Waals surface area contributed by atoms with Gasteiger partial charge in [-0.05, 0) is 55.9 Å². The first kappa shape index (κ1) is 14.6. The lowest BCUT2D eigenvalue weighted by Crippen LogP contribution is -2.03. The van der Waals surface area contributed by atoms with Gasteiger partial charge in [0, 0.05) is 12.7 Å². The third-order valence-electron chi connectivity index (χ3n) is 3.96. The molecule has 1 heterocycles. The van der Waals surface area contributed by atoms with Crippen LogP contribution in [0.5, 0.6) is 5.75 Å². The van der Waals surface area contributed by atoms with E-state index in [4.69, 9.17) is 4.74 Å². The highest BCUT2D eigenvalue weighted by molar-refractivity contribution is 5.45. The van der Waals surface area contributed by atoms with Crippen LogP contribution < -0.4 is 4.74 Å². The Bertz CT molecular complexity index is 589. The number of aromatic nitrogens is 3. The van der Waals surface area contributed by atoms with Gasteiger partial charge in [0.1, 0.15) is 5.75 Å². The molecule has 0 spiro atoms. The Hall–Kier alpha value is -1.84. The molecule has 0 N–H and O–H groups in total. The SMILES string of the molecule is CCn1cc(CC(C)c2ccc(OC)c(C)c2C)nn1. The largest absolute Gasteiger partial charge is 0.496 e. The molecule has 0 aliphatic carbocycles. The average molecular weight is 273 g/mol. The fraction of sp³-hybridized carbons (Fsp3) is 0.500. The summed E-state index contributed by atoms with van der Waals surface area (Å²) in [6, 6.07) is 4.22. The Morgan fingerprint density at radius 1 is 1.25 bits per heavy atom. The lowest BCUT2D eigenvalue weighted by Gasteiger charge is -2.17. The van der Waals surface area contributed by atoms with E-state index in [1.165, 1.54) is 16.7 Å². The Morgan fingerprint density at radius 3 is 2.60 bits per heavy atom. The summed E-state index contributed by atoms with van der Waals surface area (Å²) in [5.74, 6) is 1.37. The van der Waals surface area contributed by atoms with Crippen molar-refractivity contribution in [1.29, 1.82) is 0 Å². The maximum atomic E-state index is 5.37. The van der Waals surface area contributed by atoms with E-state index in [0.29, 0.717) is 5.92 Å². The maximum absolute atomic E-state index is 5.37. The van der Waals surface area contributed by atoms with Crippen molar-refractivity contribution in [2.45, 2.75) is 46.6 Å². The van der Waals surface area contributed by atoms with Gasteiger partial charge in [-0.3, -0.25) is 4.68 Å². The first-order valence-corrected chi connectivity index (χ1v) is 7.09. The van der Waals surface area contributed by atoms with Crippen molar-refractivity contribution in [2.24, 2.45) is 0 Å². The van der Waals surface area contributed by atoms with Crippen LogP contribution in [0.15, 0.2) is 18.3 Å². The van der Waals surface area contributed by atoms with Crippen LogP contribution in [0.3, 0.4) is 0 Å². The summed E-state index contributed by atoms with van der Waals surface area (Å²) in [7, 11) is 1.72. The van der Waals surface area contributed by atoms with E-state index in [9.17, 15) is 0 Å². The molecule has 2 rings (SSSR count). The van der Waals surface area contributed by atoms with Crippen LogP contribution in [0.2, 0.25) is 0 Å². The van der Waals surface area contributed by atoms with Gasteiger partial charge in [0.05, 0.1) is 12.8 Å². The number of aryl methyl sites for hydroxylation is 1. The second-order valence-electron chi connectivity index (χ2n) is 5.28. The van der Waals surface area contributed by atoms with Crippen molar-refractivity contribution in [3.8, 4) is 5.75 Å². The highest BCUT2D eigenvalue weighted by atomic mass is 16.5. The van der Waals surface area contributed by atoms with Crippen molar-refractivity contribution in [3.05, 3.63) is 40.7 Å². The number of nitrogens with zero attached hydrogens (tertiary/aromatic N) is 3. The normalized spacial score (nSPS) is 12.4. The number of methoxy groups -OCH3 is 1. The van der Waals surface area contributed by atoms with E-state index in [0.717, 1.165) is 24.4 Å². The summed E-state index contributed by atoms with van der Waals surface area (Å²) >= 11 is 0. The molecule has 0 radical (unpaired) electrons. The molecule has 1 aromatic carbocycles. The Kier molecular flexibility index (Phi) is 4.42. The minimum absolute atomic E-state index is 0.418. The summed E-state index contributed by atoms with van der Waals surface area (Å²) in [5.41, 5.74) is 4.93. The molecule has 0 bridgehead atoms. The number of hydrogen-bond acceptors (Lipinski definition) is 3. The van der Waals surface area contributed by atoms with E-state index in [1.807, 2.05) is 10.9 Å². The quantitative estimate of drug-likeness (QED) is 0.839. The number of benzene rings is 1. The molecule has 108 valence electrons. The molecule has 20 heavy (non-hydrogen) atoms. The lowest BCUT2D eigenvalue weighted by atomic mass is 9.90. The molecule has 0 saturated heterocycles. The summed E-state index contributed by atoms with van der Waals surface area (Å²) in [6.07, 6.45) is 2.94. The predicted octanol–water partition coefficient (Wildman–Crippen LogP) is 3.27. The Morgan fingerprint density at radius 2 is 2.00 bits per heavy atom. The minimum Gasteiger partial charge on any atom is -0.496 e. The summed E-state index contributed by atoms with van der Waals surface area (Å²) in [5, 5.41) is 8.32. The van der Waals surface area contributed by atoms with E-state index in [1.54, 1.807) is 7.11 Å². The van der Waals surface area contributed by atoms with E-state index in [2.05, 4.69) is 50.1 Å². The van der Waals surface area contributed by atoms with Gasteiger partial charge in [-0.1, -0.05) is 18.2 Å². The van der Waals surface area contributed by atoms with Gasteiger partial charge in [-0.15, -0.1) is 5.10 Å². The van der Waals surface area contributed by atoms with E-state index < -0.39 is 0 Å². The van der Waals surface area contributed by atoms with E-state index >= 15 is 0 Å². The molecule has 1 aromatic heterocycles. The van der Waals surface area contributed by atoms with Crippen LogP contribution in [0, 0.1) is 13.8 Å². The minimum atomic E-state index is 0.418. The smallest absolute Gasteiger partial charge is 0.122 e.